The molecule has 19 heavy (non-hydrogen) atoms. The van der Waals surface area contributed by atoms with E-state index in [0.29, 0.717) is 5.69 Å². The normalized spacial score (nSPS) is 18.4. The summed E-state index contributed by atoms with van der Waals surface area (Å²) in [6.07, 6.45) is 4.03. The third-order valence-electron chi connectivity index (χ3n) is 3.52. The molecule has 0 bridgehead atoms. The zero-order valence-electron chi connectivity index (χ0n) is 10.0. The Labute approximate surface area is 120 Å². The molecule has 1 aliphatic rings. The summed E-state index contributed by atoms with van der Waals surface area (Å²) in [4.78, 5) is 0. The molecule has 2 nitrogen and oxygen atoms in total. The van der Waals surface area contributed by atoms with Gasteiger partial charge >= 0.3 is 0 Å². The molecule has 0 saturated carbocycles. The molecule has 0 radical (unpaired) electrons. The quantitative estimate of drug-likeness (QED) is 0.781. The zero-order chi connectivity index (χ0) is 13.6. The summed E-state index contributed by atoms with van der Waals surface area (Å²) in [5.41, 5.74) is 2.69. The van der Waals surface area contributed by atoms with Crippen LogP contribution >= 0.6 is 23.2 Å². The molecule has 100 valence electrons. The first kappa shape index (κ1) is 13.0. The topological polar surface area (TPSA) is 25.2 Å². The molecule has 1 aromatic heterocycles. The van der Waals surface area contributed by atoms with Gasteiger partial charge in [-0.25, -0.2) is 4.39 Å². The van der Waals surface area contributed by atoms with Gasteiger partial charge in [0.15, 0.2) is 5.82 Å². The molecule has 2 aromatic rings. The highest BCUT2D eigenvalue weighted by Gasteiger charge is 2.22. The second kappa shape index (κ2) is 4.82. The summed E-state index contributed by atoms with van der Waals surface area (Å²) in [5, 5.41) is 9.95. The van der Waals surface area contributed by atoms with Gasteiger partial charge in [0, 0.05) is 23.1 Å². The van der Waals surface area contributed by atoms with Crippen LogP contribution in [0.1, 0.15) is 30.2 Å². The second-order valence-corrected chi connectivity index (χ2v) is 5.53. The van der Waals surface area contributed by atoms with Crippen LogP contribution in [0.3, 0.4) is 0 Å². The van der Waals surface area contributed by atoms with Crippen molar-refractivity contribution in [3.05, 3.63) is 51.5 Å². The Balaban J connectivity index is 2.13. The molecule has 5 heteroatoms. The number of hydrogen-bond acceptors (Lipinski definition) is 1. The Bertz CT molecular complexity index is 615. The molecular weight excluding hydrogens is 288 g/mol. The Morgan fingerprint density at radius 1 is 1.26 bits per heavy atom. The van der Waals surface area contributed by atoms with Gasteiger partial charge in [-0.15, -0.1) is 0 Å². The lowest BCUT2D eigenvalue weighted by molar-refractivity contribution is 0.156. The smallest absolute Gasteiger partial charge is 0.160 e. The van der Waals surface area contributed by atoms with E-state index in [4.69, 9.17) is 23.2 Å². The van der Waals surface area contributed by atoms with Crippen LogP contribution in [0.4, 0.5) is 4.39 Å². The van der Waals surface area contributed by atoms with Crippen molar-refractivity contribution in [1.82, 2.24) is 4.57 Å². The minimum Gasteiger partial charge on any atom is -0.388 e. The van der Waals surface area contributed by atoms with Crippen LogP contribution in [0.2, 0.25) is 10.0 Å². The molecule has 1 N–H and O–H groups in total. The van der Waals surface area contributed by atoms with E-state index < -0.39 is 11.9 Å². The molecule has 1 aromatic carbocycles. The lowest BCUT2D eigenvalue weighted by Gasteiger charge is -2.20. The Morgan fingerprint density at radius 3 is 2.63 bits per heavy atom. The highest BCUT2D eigenvalue weighted by Crippen LogP contribution is 2.34. The monoisotopic (exact) mass is 299 g/mol. The Kier molecular flexibility index (Phi) is 3.29. The maximum atomic E-state index is 13.4. The molecule has 1 aliphatic carbocycles. The van der Waals surface area contributed by atoms with Crippen LogP contribution in [-0.2, 0) is 6.42 Å². The van der Waals surface area contributed by atoms with Crippen molar-refractivity contribution in [1.29, 1.82) is 0 Å². The van der Waals surface area contributed by atoms with Crippen molar-refractivity contribution < 1.29 is 9.50 Å². The van der Waals surface area contributed by atoms with Gasteiger partial charge in [0.25, 0.3) is 0 Å². The van der Waals surface area contributed by atoms with Crippen LogP contribution < -0.4 is 0 Å². The average Bonchev–Trinajstić information content (AvgIpc) is 2.80. The molecule has 1 heterocycles. The maximum absolute atomic E-state index is 13.4. The third-order valence-corrected chi connectivity index (χ3v) is 4.07. The van der Waals surface area contributed by atoms with E-state index in [9.17, 15) is 9.50 Å². The fraction of sp³-hybridized carbons (Fsp3) is 0.286. The van der Waals surface area contributed by atoms with Gasteiger partial charge in [-0.1, -0.05) is 23.2 Å². The summed E-state index contributed by atoms with van der Waals surface area (Å²) in [7, 11) is 0. The zero-order valence-corrected chi connectivity index (χ0v) is 11.5. The number of benzene rings is 1. The molecular formula is C14H12Cl2FNO. The van der Waals surface area contributed by atoms with Gasteiger partial charge in [-0.3, -0.25) is 0 Å². The van der Waals surface area contributed by atoms with Crippen LogP contribution in [0.15, 0.2) is 24.4 Å². The van der Waals surface area contributed by atoms with Crippen molar-refractivity contribution in [2.75, 3.05) is 0 Å². The molecule has 1 unspecified atom stereocenters. The van der Waals surface area contributed by atoms with E-state index in [1.165, 1.54) is 0 Å². The number of aromatic nitrogens is 1. The summed E-state index contributed by atoms with van der Waals surface area (Å²) >= 11 is 11.7. The summed E-state index contributed by atoms with van der Waals surface area (Å²) in [6.45, 7) is 0. The largest absolute Gasteiger partial charge is 0.388 e. The predicted molar refractivity (Wildman–Crippen MR) is 73.6 cm³/mol. The molecule has 0 amide bonds. The number of rotatable bonds is 1. The SMILES string of the molecule is OC1CCCc2c1ccn2-c1cc(Cl)c(F)c(Cl)c1. The van der Waals surface area contributed by atoms with Gasteiger partial charge in [0.2, 0.25) is 0 Å². The number of fused-ring (bicyclic) bond motifs is 1. The molecule has 0 aliphatic heterocycles. The highest BCUT2D eigenvalue weighted by molar-refractivity contribution is 6.35. The first-order valence-corrected chi connectivity index (χ1v) is 6.86. The molecule has 1 atom stereocenters. The van der Waals surface area contributed by atoms with E-state index in [1.807, 2.05) is 16.8 Å². The van der Waals surface area contributed by atoms with E-state index in [0.717, 1.165) is 30.5 Å². The Morgan fingerprint density at radius 2 is 1.95 bits per heavy atom. The van der Waals surface area contributed by atoms with Crippen molar-refractivity contribution in [3.8, 4) is 5.69 Å². The number of nitrogens with zero attached hydrogens (tertiary/aromatic N) is 1. The average molecular weight is 300 g/mol. The Hall–Kier alpha value is -1.03. The minimum absolute atomic E-state index is 0.00121. The summed E-state index contributed by atoms with van der Waals surface area (Å²) in [6, 6.07) is 4.98. The highest BCUT2D eigenvalue weighted by atomic mass is 35.5. The fourth-order valence-corrected chi connectivity index (χ4v) is 3.07. The molecule has 0 fully saturated rings. The van der Waals surface area contributed by atoms with Crippen molar-refractivity contribution in [2.24, 2.45) is 0 Å². The second-order valence-electron chi connectivity index (χ2n) is 4.72. The van der Waals surface area contributed by atoms with Crippen LogP contribution in [0.25, 0.3) is 5.69 Å². The third kappa shape index (κ3) is 2.16. The van der Waals surface area contributed by atoms with Crippen LogP contribution in [0, 0.1) is 5.82 Å². The molecule has 0 spiro atoms. The van der Waals surface area contributed by atoms with Crippen molar-refractivity contribution in [2.45, 2.75) is 25.4 Å². The number of aliphatic hydroxyl groups excluding tert-OH is 1. The van der Waals surface area contributed by atoms with Gasteiger partial charge in [0.1, 0.15) is 0 Å². The van der Waals surface area contributed by atoms with Crippen molar-refractivity contribution in [3.63, 3.8) is 0 Å². The predicted octanol–water partition coefficient (Wildman–Crippen LogP) is 4.29. The van der Waals surface area contributed by atoms with E-state index in [-0.39, 0.29) is 10.0 Å². The fourth-order valence-electron chi connectivity index (χ4n) is 2.59. The lowest BCUT2D eigenvalue weighted by Crippen LogP contribution is -2.11. The van der Waals surface area contributed by atoms with E-state index >= 15 is 0 Å². The van der Waals surface area contributed by atoms with E-state index in [1.54, 1.807) is 12.1 Å². The van der Waals surface area contributed by atoms with Gasteiger partial charge < -0.3 is 9.67 Å². The van der Waals surface area contributed by atoms with Crippen molar-refractivity contribution >= 4 is 23.2 Å². The first-order chi connectivity index (χ1) is 9.08. The maximum Gasteiger partial charge on any atom is 0.160 e. The van der Waals surface area contributed by atoms with Gasteiger partial charge in [-0.05, 0) is 37.5 Å². The molecule has 3 rings (SSSR count). The molecule has 0 saturated heterocycles. The van der Waals surface area contributed by atoms with E-state index in [2.05, 4.69) is 0 Å². The summed E-state index contributed by atoms with van der Waals surface area (Å²) in [5.74, 6) is -0.604. The number of hydrogen-bond donors (Lipinski definition) is 1. The van der Waals surface area contributed by atoms with Crippen LogP contribution in [-0.4, -0.2) is 9.67 Å². The van der Waals surface area contributed by atoms with Gasteiger partial charge in [-0.2, -0.15) is 0 Å². The number of halogens is 3. The first-order valence-electron chi connectivity index (χ1n) is 6.11. The van der Waals surface area contributed by atoms with Crippen LogP contribution in [0.5, 0.6) is 0 Å². The number of aliphatic hydroxyl groups is 1. The minimum atomic E-state index is -0.604. The van der Waals surface area contributed by atoms with Gasteiger partial charge in [0.05, 0.1) is 16.1 Å². The lowest BCUT2D eigenvalue weighted by atomic mass is 9.95. The summed E-state index contributed by atoms with van der Waals surface area (Å²) < 4.78 is 15.4. The standard InChI is InChI=1S/C14H12Cl2FNO/c15-10-6-8(7-11(16)14(10)17)18-5-4-9-12(18)2-1-3-13(9)19/h4-7,13,19H,1-3H2.